The molecule has 1 aliphatic rings. The average Bonchev–Trinajstić information content (AvgIpc) is 2.54. The van der Waals surface area contributed by atoms with E-state index in [9.17, 15) is 0 Å². The third kappa shape index (κ3) is 1.81. The molecule has 3 nitrogen and oxygen atoms in total. The Morgan fingerprint density at radius 3 is 2.62 bits per heavy atom. The summed E-state index contributed by atoms with van der Waals surface area (Å²) in [5.41, 5.74) is 1.17. The van der Waals surface area contributed by atoms with Crippen LogP contribution in [0.1, 0.15) is 25.6 Å². The number of methoxy groups -OCH3 is 1. The molecule has 88 valence electrons. The summed E-state index contributed by atoms with van der Waals surface area (Å²) >= 11 is 0. The van der Waals surface area contributed by atoms with Gasteiger partial charge < -0.3 is 9.47 Å². The summed E-state index contributed by atoms with van der Waals surface area (Å²) in [6, 6.07) is 8.02. The normalized spacial score (nSPS) is 24.6. The topological polar surface area (TPSA) is 21.7 Å². The molecule has 0 bridgehead atoms. The molecule has 0 unspecified atom stereocenters. The van der Waals surface area contributed by atoms with Crippen molar-refractivity contribution in [2.45, 2.75) is 25.6 Å². The van der Waals surface area contributed by atoms with Gasteiger partial charge in [-0.15, -0.1) is 0 Å². The summed E-state index contributed by atoms with van der Waals surface area (Å²) in [5.74, 6) is 0.886. The molecule has 1 aromatic rings. The molecular formula is C13H19NO2. The zero-order chi connectivity index (χ0) is 11.8. The van der Waals surface area contributed by atoms with Crippen molar-refractivity contribution in [1.82, 2.24) is 4.90 Å². The molecule has 2 rings (SSSR count). The van der Waals surface area contributed by atoms with Gasteiger partial charge in [0, 0.05) is 11.1 Å². The summed E-state index contributed by atoms with van der Waals surface area (Å²) in [6.45, 7) is 5.11. The van der Waals surface area contributed by atoms with Crippen molar-refractivity contribution in [3.63, 3.8) is 0 Å². The number of rotatable bonds is 2. The van der Waals surface area contributed by atoms with Gasteiger partial charge in [-0.3, -0.25) is 4.90 Å². The number of likely N-dealkylation sites (N-methyl/N-ethyl adjacent to an activating group) is 1. The molecule has 0 amide bonds. The van der Waals surface area contributed by atoms with Crippen LogP contribution in [0, 0.1) is 0 Å². The molecule has 1 fully saturated rings. The third-order valence-corrected chi connectivity index (χ3v) is 3.31. The van der Waals surface area contributed by atoms with Crippen molar-refractivity contribution in [2.24, 2.45) is 0 Å². The molecule has 1 heterocycles. The molecule has 0 aromatic heterocycles. The molecule has 0 spiro atoms. The van der Waals surface area contributed by atoms with Crippen LogP contribution in [-0.2, 0) is 4.74 Å². The van der Waals surface area contributed by atoms with Crippen LogP contribution in [0.5, 0.6) is 5.75 Å². The summed E-state index contributed by atoms with van der Waals surface area (Å²) in [6.07, 6.45) is -0.00819. The zero-order valence-electron chi connectivity index (χ0n) is 10.4. The van der Waals surface area contributed by atoms with Crippen LogP contribution in [0.25, 0.3) is 0 Å². The molecule has 3 heteroatoms. The largest absolute Gasteiger partial charge is 0.496 e. The number of hydrogen-bond donors (Lipinski definition) is 0. The Balaban J connectivity index is 2.32. The van der Waals surface area contributed by atoms with Gasteiger partial charge in [0.15, 0.2) is 0 Å². The second-order valence-electron chi connectivity index (χ2n) is 4.83. The molecule has 16 heavy (non-hydrogen) atoms. The van der Waals surface area contributed by atoms with Crippen molar-refractivity contribution >= 4 is 0 Å². The van der Waals surface area contributed by atoms with Crippen LogP contribution in [-0.4, -0.2) is 31.2 Å². The molecule has 1 saturated heterocycles. The first-order valence-electron chi connectivity index (χ1n) is 5.54. The molecule has 1 atom stereocenters. The molecule has 0 radical (unpaired) electrons. The molecule has 0 saturated carbocycles. The first-order valence-corrected chi connectivity index (χ1v) is 5.54. The second-order valence-corrected chi connectivity index (χ2v) is 4.83. The lowest BCUT2D eigenvalue weighted by atomic mass is 10.1. The van der Waals surface area contributed by atoms with Crippen molar-refractivity contribution in [3.8, 4) is 5.75 Å². The number of benzene rings is 1. The minimum atomic E-state index is -0.00819. The third-order valence-electron chi connectivity index (χ3n) is 3.31. The fraction of sp³-hybridized carbons (Fsp3) is 0.538. The van der Waals surface area contributed by atoms with E-state index in [1.165, 1.54) is 0 Å². The lowest BCUT2D eigenvalue weighted by molar-refractivity contribution is 0.0379. The van der Waals surface area contributed by atoms with E-state index in [1.54, 1.807) is 7.11 Å². The monoisotopic (exact) mass is 221 g/mol. The lowest BCUT2D eigenvalue weighted by Gasteiger charge is -2.29. The van der Waals surface area contributed by atoms with E-state index in [4.69, 9.17) is 9.47 Å². The van der Waals surface area contributed by atoms with Crippen molar-refractivity contribution in [1.29, 1.82) is 0 Å². The molecule has 0 aliphatic carbocycles. The number of nitrogens with zero attached hydrogens (tertiary/aromatic N) is 1. The predicted octanol–water partition coefficient (Wildman–Crippen LogP) is 2.43. The van der Waals surface area contributed by atoms with Gasteiger partial charge in [0.05, 0.1) is 13.7 Å². The summed E-state index contributed by atoms with van der Waals surface area (Å²) in [7, 11) is 3.78. The van der Waals surface area contributed by atoms with Gasteiger partial charge in [-0.25, -0.2) is 0 Å². The van der Waals surface area contributed by atoms with E-state index in [0.29, 0.717) is 0 Å². The van der Waals surface area contributed by atoms with Gasteiger partial charge >= 0.3 is 0 Å². The Morgan fingerprint density at radius 1 is 1.38 bits per heavy atom. The minimum Gasteiger partial charge on any atom is -0.496 e. The highest BCUT2D eigenvalue weighted by atomic mass is 16.5. The highest BCUT2D eigenvalue weighted by molar-refractivity contribution is 5.35. The Kier molecular flexibility index (Phi) is 2.91. The van der Waals surface area contributed by atoms with Gasteiger partial charge in [0.25, 0.3) is 0 Å². The van der Waals surface area contributed by atoms with E-state index < -0.39 is 0 Å². The molecule has 1 aliphatic heterocycles. The van der Waals surface area contributed by atoms with Crippen molar-refractivity contribution in [2.75, 3.05) is 20.8 Å². The number of hydrogen-bond acceptors (Lipinski definition) is 3. The van der Waals surface area contributed by atoms with Crippen LogP contribution in [0.3, 0.4) is 0 Å². The van der Waals surface area contributed by atoms with Crippen molar-refractivity contribution < 1.29 is 9.47 Å². The van der Waals surface area contributed by atoms with Crippen LogP contribution >= 0.6 is 0 Å². The number of ether oxygens (including phenoxy) is 2. The van der Waals surface area contributed by atoms with Crippen molar-refractivity contribution in [3.05, 3.63) is 29.8 Å². The van der Waals surface area contributed by atoms with Gasteiger partial charge in [-0.2, -0.15) is 0 Å². The summed E-state index contributed by atoms with van der Waals surface area (Å²) in [4.78, 5) is 2.24. The predicted molar refractivity (Wildman–Crippen MR) is 63.5 cm³/mol. The highest BCUT2D eigenvalue weighted by Gasteiger charge is 2.39. The fourth-order valence-electron chi connectivity index (χ4n) is 1.98. The molecule has 0 N–H and O–H groups in total. The van der Waals surface area contributed by atoms with E-state index >= 15 is 0 Å². The Labute approximate surface area is 97.0 Å². The first-order chi connectivity index (χ1) is 7.56. The molecular weight excluding hydrogens is 202 g/mol. The SMILES string of the molecule is COc1ccccc1[C@@H]1OCC(C)(C)N1C. The van der Waals surface area contributed by atoms with Crippen LogP contribution in [0.4, 0.5) is 0 Å². The Morgan fingerprint density at radius 2 is 2.06 bits per heavy atom. The highest BCUT2D eigenvalue weighted by Crippen LogP contribution is 2.38. The zero-order valence-corrected chi connectivity index (χ0v) is 10.4. The van der Waals surface area contributed by atoms with Gasteiger partial charge in [-0.1, -0.05) is 18.2 Å². The van der Waals surface area contributed by atoms with Crippen LogP contribution in [0.2, 0.25) is 0 Å². The standard InChI is InChI=1S/C13H19NO2/c1-13(2)9-16-12(14(13)3)10-7-5-6-8-11(10)15-4/h5-8,12H,9H2,1-4H3/t12-/m0/s1. The lowest BCUT2D eigenvalue weighted by Crippen LogP contribution is -2.38. The summed E-state index contributed by atoms with van der Waals surface area (Å²) < 4.78 is 11.2. The summed E-state index contributed by atoms with van der Waals surface area (Å²) in [5, 5.41) is 0. The van der Waals surface area contributed by atoms with Gasteiger partial charge in [-0.05, 0) is 27.0 Å². The maximum atomic E-state index is 5.85. The Bertz CT molecular complexity index is 376. The van der Waals surface area contributed by atoms with E-state index in [-0.39, 0.29) is 11.8 Å². The van der Waals surface area contributed by atoms with E-state index in [1.807, 2.05) is 18.2 Å². The minimum absolute atomic E-state index is 0.00819. The number of para-hydroxylation sites is 1. The van der Waals surface area contributed by atoms with E-state index in [2.05, 4.69) is 31.9 Å². The maximum absolute atomic E-state index is 5.85. The van der Waals surface area contributed by atoms with Crippen LogP contribution < -0.4 is 4.74 Å². The van der Waals surface area contributed by atoms with Crippen LogP contribution in [0.15, 0.2) is 24.3 Å². The van der Waals surface area contributed by atoms with Gasteiger partial charge in [0.2, 0.25) is 0 Å². The quantitative estimate of drug-likeness (QED) is 0.765. The first kappa shape index (κ1) is 11.4. The maximum Gasteiger partial charge on any atom is 0.140 e. The van der Waals surface area contributed by atoms with Gasteiger partial charge in [0.1, 0.15) is 12.0 Å². The second kappa shape index (κ2) is 4.07. The fourth-order valence-corrected chi connectivity index (χ4v) is 1.98. The van der Waals surface area contributed by atoms with E-state index in [0.717, 1.165) is 17.9 Å². The average molecular weight is 221 g/mol. The smallest absolute Gasteiger partial charge is 0.140 e. The molecule has 1 aromatic carbocycles. The Hall–Kier alpha value is -1.06.